The molecule has 2 aromatic carbocycles. The van der Waals surface area contributed by atoms with Crippen LogP contribution in [0, 0.1) is 5.92 Å². The second-order valence-corrected chi connectivity index (χ2v) is 11.3. The van der Waals surface area contributed by atoms with Crippen molar-refractivity contribution < 1.29 is 19.1 Å². The van der Waals surface area contributed by atoms with E-state index in [4.69, 9.17) is 27.1 Å². The van der Waals surface area contributed by atoms with E-state index in [1.165, 1.54) is 7.11 Å². The lowest BCUT2D eigenvalue weighted by molar-refractivity contribution is -0.134. The van der Waals surface area contributed by atoms with Crippen LogP contribution in [-0.4, -0.2) is 54.5 Å². The van der Waals surface area contributed by atoms with Gasteiger partial charge in [0, 0.05) is 24.0 Å². The summed E-state index contributed by atoms with van der Waals surface area (Å²) in [6.45, 7) is 6.59. The molecule has 9 nitrogen and oxygen atoms in total. The van der Waals surface area contributed by atoms with Gasteiger partial charge in [0.05, 0.1) is 7.11 Å². The first-order chi connectivity index (χ1) is 19.6. The summed E-state index contributed by atoms with van der Waals surface area (Å²) in [5.74, 6) is 0.0434. The van der Waals surface area contributed by atoms with E-state index in [1.807, 2.05) is 36.4 Å². The van der Waals surface area contributed by atoms with Crippen LogP contribution in [0.25, 0.3) is 0 Å². The molecule has 0 radical (unpaired) electrons. The van der Waals surface area contributed by atoms with Crippen LogP contribution >= 0.6 is 11.6 Å². The van der Waals surface area contributed by atoms with Gasteiger partial charge in [-0.3, -0.25) is 14.5 Å². The van der Waals surface area contributed by atoms with Gasteiger partial charge in [0.1, 0.15) is 6.04 Å². The van der Waals surface area contributed by atoms with Gasteiger partial charge in [0.15, 0.2) is 11.5 Å². The monoisotopic (exact) mass is 583 g/mol. The summed E-state index contributed by atoms with van der Waals surface area (Å²) in [6.07, 6.45) is 2.98. The number of rotatable bonds is 14. The van der Waals surface area contributed by atoms with Crippen molar-refractivity contribution in [2.45, 2.75) is 76.9 Å². The van der Waals surface area contributed by atoms with Crippen molar-refractivity contribution in [3.63, 3.8) is 0 Å². The second-order valence-electron chi connectivity index (χ2n) is 10.9. The van der Waals surface area contributed by atoms with Crippen molar-refractivity contribution in [1.82, 2.24) is 15.5 Å². The summed E-state index contributed by atoms with van der Waals surface area (Å²) < 4.78 is 4.71. The largest absolute Gasteiger partial charge is 0.453 e. The van der Waals surface area contributed by atoms with Gasteiger partial charge >= 0.3 is 6.09 Å². The quantitative estimate of drug-likeness (QED) is 0.276. The molecule has 1 aliphatic heterocycles. The number of amides is 3. The Kier molecular flexibility index (Phi) is 11.6. The molecule has 3 atom stereocenters. The summed E-state index contributed by atoms with van der Waals surface area (Å²) in [5, 5.41) is 6.06. The molecule has 2 aromatic rings. The highest BCUT2D eigenvalue weighted by atomic mass is 35.5. The molecular weight excluding hydrogens is 542 g/mol. The maximum Gasteiger partial charge on any atom is 0.407 e. The Morgan fingerprint density at radius 3 is 2.49 bits per heavy atom. The molecule has 3 amide bonds. The lowest BCUT2D eigenvalue weighted by Gasteiger charge is -2.32. The number of ether oxygens (including phenoxy) is 1. The maximum absolute atomic E-state index is 14.0. The van der Waals surface area contributed by atoms with Crippen LogP contribution in [0.15, 0.2) is 59.6 Å². The number of carbonyl (C=O) groups is 3. The lowest BCUT2D eigenvalue weighted by Crippen LogP contribution is -2.50. The third-order valence-electron chi connectivity index (χ3n) is 7.20. The van der Waals surface area contributed by atoms with E-state index in [9.17, 15) is 14.4 Å². The number of carbonyl (C=O) groups excluding carboxylic acids is 3. The number of guanidine groups is 1. The van der Waals surface area contributed by atoms with Gasteiger partial charge in [0.25, 0.3) is 5.91 Å². The average Bonchev–Trinajstić information content (AvgIpc) is 3.19. The number of benzene rings is 2. The number of hydrogen-bond acceptors (Lipinski definition) is 6. The molecule has 0 fully saturated rings. The van der Waals surface area contributed by atoms with Crippen LogP contribution in [0.4, 0.5) is 4.79 Å². The number of alkyl carbamates (subject to hydrolysis) is 1. The highest BCUT2D eigenvalue weighted by Crippen LogP contribution is 2.40. The fraction of sp³-hybridized carbons (Fsp3) is 0.484. The number of nitrogens with one attached hydrogen (secondary N) is 2. The number of nitrogens with two attached hydrogens (primary N) is 1. The summed E-state index contributed by atoms with van der Waals surface area (Å²) in [6, 6.07) is 15.8. The van der Waals surface area contributed by atoms with Crippen LogP contribution in [-0.2, 0) is 26.3 Å². The smallest absolute Gasteiger partial charge is 0.407 e. The Bertz CT molecular complexity index is 1220. The Labute approximate surface area is 247 Å². The first-order valence-electron chi connectivity index (χ1n) is 14.2. The van der Waals surface area contributed by atoms with E-state index in [0.717, 1.165) is 24.0 Å². The molecule has 4 N–H and O–H groups in total. The molecule has 41 heavy (non-hydrogen) atoms. The van der Waals surface area contributed by atoms with E-state index in [-0.39, 0.29) is 36.2 Å². The molecule has 3 rings (SSSR count). The van der Waals surface area contributed by atoms with Crippen LogP contribution in [0.3, 0.4) is 0 Å². The van der Waals surface area contributed by atoms with E-state index in [0.29, 0.717) is 30.8 Å². The van der Waals surface area contributed by atoms with Gasteiger partial charge in [-0.05, 0) is 54.9 Å². The van der Waals surface area contributed by atoms with Crippen LogP contribution in [0.5, 0.6) is 0 Å². The van der Waals surface area contributed by atoms with E-state index >= 15 is 0 Å². The fourth-order valence-electron chi connectivity index (χ4n) is 5.42. The number of aliphatic imine (C=N–C) groups is 1. The standard InChI is InChI=1S/C31H42ClN5O4/c1-5-11-25(37-28(39)31(20-21(2)3,36-29(37)33)23-13-7-6-8-14-23)16-10-17-34-27(38)26(35-30(40)41-4)19-22-12-9-15-24(32)18-22/h6-9,12-15,18,21,25-26H,5,10-11,16-17,19-20H2,1-4H3,(H2,33,36)(H,34,38)(H,35,40)/t25?,26-,31+/m0/s1. The molecule has 0 saturated heterocycles. The molecule has 1 heterocycles. The van der Waals surface area contributed by atoms with Crippen molar-refractivity contribution in [2.24, 2.45) is 16.6 Å². The summed E-state index contributed by atoms with van der Waals surface area (Å²) in [5.41, 5.74) is 7.06. The molecule has 1 aliphatic rings. The van der Waals surface area contributed by atoms with Gasteiger partial charge in [-0.1, -0.05) is 81.3 Å². The third kappa shape index (κ3) is 8.22. The molecular formula is C31H42ClN5O4. The van der Waals surface area contributed by atoms with Crippen LogP contribution in [0.1, 0.15) is 64.0 Å². The number of hydrogen-bond donors (Lipinski definition) is 3. The number of halogens is 1. The Balaban J connectivity index is 1.67. The fourth-order valence-corrected chi connectivity index (χ4v) is 5.63. The van der Waals surface area contributed by atoms with E-state index in [2.05, 4.69) is 31.4 Å². The Hall–Kier alpha value is -3.59. The van der Waals surface area contributed by atoms with Crippen molar-refractivity contribution >= 4 is 35.5 Å². The van der Waals surface area contributed by atoms with Gasteiger partial charge < -0.3 is 21.1 Å². The zero-order valence-electron chi connectivity index (χ0n) is 24.4. The Morgan fingerprint density at radius 1 is 1.12 bits per heavy atom. The summed E-state index contributed by atoms with van der Waals surface area (Å²) in [4.78, 5) is 45.5. The summed E-state index contributed by atoms with van der Waals surface area (Å²) in [7, 11) is 1.25. The predicted octanol–water partition coefficient (Wildman–Crippen LogP) is 4.77. The van der Waals surface area contributed by atoms with E-state index in [1.54, 1.807) is 23.1 Å². The third-order valence-corrected chi connectivity index (χ3v) is 7.44. The van der Waals surface area contributed by atoms with Gasteiger partial charge in [-0.2, -0.15) is 0 Å². The minimum atomic E-state index is -1.03. The molecule has 0 spiro atoms. The molecule has 10 heteroatoms. The lowest BCUT2D eigenvalue weighted by atomic mass is 9.82. The molecule has 0 saturated carbocycles. The number of nitrogens with zero attached hydrogens (tertiary/aromatic N) is 2. The maximum atomic E-state index is 14.0. The normalized spacial score (nSPS) is 18.1. The van der Waals surface area contributed by atoms with Crippen LogP contribution < -0.4 is 16.4 Å². The topological polar surface area (TPSA) is 126 Å². The van der Waals surface area contributed by atoms with Crippen molar-refractivity contribution in [3.8, 4) is 0 Å². The highest BCUT2D eigenvalue weighted by Gasteiger charge is 2.50. The zero-order valence-corrected chi connectivity index (χ0v) is 25.1. The number of methoxy groups -OCH3 is 1. The first kappa shape index (κ1) is 31.9. The summed E-state index contributed by atoms with van der Waals surface area (Å²) >= 11 is 6.09. The SMILES string of the molecule is CCCC(CCCNC(=O)[C@H](Cc1cccc(Cl)c1)NC(=O)OC)N1C(=O)[C@@](CC(C)C)(c2ccccc2)N=C1N. The highest BCUT2D eigenvalue weighted by molar-refractivity contribution is 6.30. The van der Waals surface area contributed by atoms with Crippen molar-refractivity contribution in [3.05, 3.63) is 70.7 Å². The van der Waals surface area contributed by atoms with Gasteiger partial charge in [-0.25, -0.2) is 9.79 Å². The zero-order chi connectivity index (χ0) is 30.0. The first-order valence-corrected chi connectivity index (χ1v) is 14.6. The van der Waals surface area contributed by atoms with E-state index < -0.39 is 17.7 Å². The van der Waals surface area contributed by atoms with Gasteiger partial charge in [-0.15, -0.1) is 0 Å². The average molecular weight is 584 g/mol. The van der Waals surface area contributed by atoms with Crippen LogP contribution in [0.2, 0.25) is 5.02 Å². The minimum absolute atomic E-state index is 0.0961. The molecule has 222 valence electrons. The second kappa shape index (κ2) is 14.9. The van der Waals surface area contributed by atoms with Crippen molar-refractivity contribution in [1.29, 1.82) is 0 Å². The molecule has 0 bridgehead atoms. The van der Waals surface area contributed by atoms with Gasteiger partial charge in [0.2, 0.25) is 5.91 Å². The molecule has 0 aromatic heterocycles. The molecule has 1 unspecified atom stereocenters. The van der Waals surface area contributed by atoms with Crippen molar-refractivity contribution in [2.75, 3.05) is 13.7 Å². The minimum Gasteiger partial charge on any atom is -0.453 e. The Morgan fingerprint density at radius 2 is 1.85 bits per heavy atom. The predicted molar refractivity (Wildman–Crippen MR) is 161 cm³/mol. The molecule has 0 aliphatic carbocycles.